The first-order chi connectivity index (χ1) is 10.7. The van der Waals surface area contributed by atoms with Gasteiger partial charge in [-0.05, 0) is 25.2 Å². The van der Waals surface area contributed by atoms with Gasteiger partial charge >= 0.3 is 0 Å². The zero-order chi connectivity index (χ0) is 15.4. The summed E-state index contributed by atoms with van der Waals surface area (Å²) in [6, 6.07) is 11.9. The van der Waals surface area contributed by atoms with Gasteiger partial charge in [0.25, 0.3) is 0 Å². The van der Waals surface area contributed by atoms with Crippen molar-refractivity contribution in [3.8, 4) is 5.75 Å². The van der Waals surface area contributed by atoms with Gasteiger partial charge in [-0.1, -0.05) is 12.1 Å². The van der Waals surface area contributed by atoms with E-state index in [1.807, 2.05) is 30.3 Å². The first-order valence-electron chi connectivity index (χ1n) is 7.35. The van der Waals surface area contributed by atoms with Crippen LogP contribution < -0.4 is 4.74 Å². The molecule has 0 aliphatic heterocycles. The minimum absolute atomic E-state index is 0.789. The van der Waals surface area contributed by atoms with E-state index >= 15 is 0 Å². The monoisotopic (exact) mass is 296 g/mol. The number of nitrogens with zero attached hydrogens (tertiary/aromatic N) is 3. The summed E-state index contributed by atoms with van der Waals surface area (Å²) < 4.78 is 5.23. The minimum Gasteiger partial charge on any atom is -0.497 e. The highest BCUT2D eigenvalue weighted by Gasteiger charge is 2.06. The van der Waals surface area contributed by atoms with Gasteiger partial charge in [-0.25, -0.2) is 4.98 Å². The summed E-state index contributed by atoms with van der Waals surface area (Å²) in [5.41, 5.74) is 3.12. The molecule has 0 atom stereocenters. The average molecular weight is 296 g/mol. The Morgan fingerprint density at radius 3 is 2.91 bits per heavy atom. The number of aromatic nitrogens is 3. The Bertz CT molecular complexity index is 720. The van der Waals surface area contributed by atoms with Crippen LogP contribution >= 0.6 is 0 Å². The van der Waals surface area contributed by atoms with Crippen LogP contribution in [0.2, 0.25) is 0 Å². The predicted octanol–water partition coefficient (Wildman–Crippen LogP) is 2.64. The van der Waals surface area contributed by atoms with E-state index in [-0.39, 0.29) is 0 Å². The second kappa shape index (κ2) is 6.58. The second-order valence-corrected chi connectivity index (χ2v) is 5.38. The van der Waals surface area contributed by atoms with Gasteiger partial charge in [0.2, 0.25) is 0 Å². The molecule has 0 fully saturated rings. The molecule has 2 aromatic heterocycles. The third-order valence-corrected chi connectivity index (χ3v) is 3.62. The maximum absolute atomic E-state index is 5.23. The minimum atomic E-state index is 0.789. The standard InChI is InChI=1S/C17H20N4O/c1-21(12-13-11-14(22-2)7-9-18-13)10-8-17-19-15-5-3-4-6-16(15)20-17/h3-7,9,11H,8,10,12H2,1-2H3,(H,19,20). The molecule has 5 heteroatoms. The molecular formula is C17H20N4O. The summed E-state index contributed by atoms with van der Waals surface area (Å²) in [7, 11) is 3.76. The number of likely N-dealkylation sites (N-methyl/N-ethyl adjacent to an activating group) is 1. The fourth-order valence-corrected chi connectivity index (χ4v) is 2.45. The van der Waals surface area contributed by atoms with Crippen LogP contribution in [0.25, 0.3) is 11.0 Å². The number of hydrogen-bond acceptors (Lipinski definition) is 4. The van der Waals surface area contributed by atoms with E-state index < -0.39 is 0 Å². The molecule has 2 heterocycles. The van der Waals surface area contributed by atoms with Gasteiger partial charge in [-0.2, -0.15) is 0 Å². The highest BCUT2D eigenvalue weighted by Crippen LogP contribution is 2.13. The van der Waals surface area contributed by atoms with E-state index in [0.717, 1.165) is 47.8 Å². The molecule has 1 N–H and O–H groups in total. The molecule has 22 heavy (non-hydrogen) atoms. The largest absolute Gasteiger partial charge is 0.497 e. The van der Waals surface area contributed by atoms with Crippen molar-refractivity contribution in [2.75, 3.05) is 20.7 Å². The van der Waals surface area contributed by atoms with Crippen LogP contribution in [-0.2, 0) is 13.0 Å². The Kier molecular flexibility index (Phi) is 4.34. The number of pyridine rings is 1. The highest BCUT2D eigenvalue weighted by molar-refractivity contribution is 5.74. The van der Waals surface area contributed by atoms with Gasteiger partial charge in [0.1, 0.15) is 11.6 Å². The number of benzene rings is 1. The molecule has 0 spiro atoms. The lowest BCUT2D eigenvalue weighted by Crippen LogP contribution is -2.21. The van der Waals surface area contributed by atoms with Crippen LogP contribution in [0.4, 0.5) is 0 Å². The van der Waals surface area contributed by atoms with Crippen molar-refractivity contribution in [2.24, 2.45) is 0 Å². The number of rotatable bonds is 6. The van der Waals surface area contributed by atoms with E-state index in [0.29, 0.717) is 0 Å². The normalized spacial score (nSPS) is 11.2. The number of hydrogen-bond donors (Lipinski definition) is 1. The van der Waals surface area contributed by atoms with Crippen LogP contribution in [0.1, 0.15) is 11.5 Å². The fraction of sp³-hybridized carbons (Fsp3) is 0.294. The summed E-state index contributed by atoms with van der Waals surface area (Å²) >= 11 is 0. The van der Waals surface area contributed by atoms with Gasteiger partial charge in [-0.3, -0.25) is 4.98 Å². The Balaban J connectivity index is 1.58. The fourth-order valence-electron chi connectivity index (χ4n) is 2.45. The van der Waals surface area contributed by atoms with E-state index in [1.165, 1.54) is 0 Å². The molecule has 0 radical (unpaired) electrons. The molecule has 0 saturated carbocycles. The number of H-pyrrole nitrogens is 1. The Hall–Kier alpha value is -2.40. The van der Waals surface area contributed by atoms with Crippen molar-refractivity contribution in [1.29, 1.82) is 0 Å². The molecule has 0 bridgehead atoms. The molecular weight excluding hydrogens is 276 g/mol. The van der Waals surface area contributed by atoms with Crippen LogP contribution in [0.15, 0.2) is 42.6 Å². The molecule has 0 aliphatic rings. The van der Waals surface area contributed by atoms with Crippen molar-refractivity contribution in [2.45, 2.75) is 13.0 Å². The topological polar surface area (TPSA) is 54.0 Å². The number of nitrogens with one attached hydrogen (secondary N) is 1. The number of para-hydroxylation sites is 2. The predicted molar refractivity (Wildman–Crippen MR) is 86.9 cm³/mol. The van der Waals surface area contributed by atoms with Gasteiger partial charge in [0, 0.05) is 31.8 Å². The summed E-state index contributed by atoms with van der Waals surface area (Å²) in [6.07, 6.45) is 2.66. The third-order valence-electron chi connectivity index (χ3n) is 3.62. The van der Waals surface area contributed by atoms with E-state index in [4.69, 9.17) is 4.74 Å². The molecule has 0 amide bonds. The number of ether oxygens (including phenoxy) is 1. The highest BCUT2D eigenvalue weighted by atomic mass is 16.5. The van der Waals surface area contributed by atoms with Crippen molar-refractivity contribution in [3.63, 3.8) is 0 Å². The van der Waals surface area contributed by atoms with Crippen LogP contribution in [0, 0.1) is 0 Å². The first kappa shape index (κ1) is 14.5. The quantitative estimate of drug-likeness (QED) is 0.760. The lowest BCUT2D eigenvalue weighted by molar-refractivity contribution is 0.324. The van der Waals surface area contributed by atoms with Crippen LogP contribution in [0.5, 0.6) is 5.75 Å². The maximum atomic E-state index is 5.23. The maximum Gasteiger partial charge on any atom is 0.122 e. The third kappa shape index (κ3) is 3.43. The molecule has 0 unspecified atom stereocenters. The molecule has 1 aromatic carbocycles. The summed E-state index contributed by atoms with van der Waals surface area (Å²) in [5.74, 6) is 1.86. The Morgan fingerprint density at radius 2 is 2.09 bits per heavy atom. The second-order valence-electron chi connectivity index (χ2n) is 5.38. The summed E-state index contributed by atoms with van der Waals surface area (Å²) in [6.45, 7) is 1.70. The lowest BCUT2D eigenvalue weighted by atomic mass is 10.3. The van der Waals surface area contributed by atoms with E-state index in [1.54, 1.807) is 13.3 Å². The molecule has 0 saturated heterocycles. The Labute approximate surface area is 130 Å². The van der Waals surface area contributed by atoms with E-state index in [2.05, 4.69) is 33.0 Å². The van der Waals surface area contributed by atoms with Gasteiger partial charge < -0.3 is 14.6 Å². The van der Waals surface area contributed by atoms with E-state index in [9.17, 15) is 0 Å². The number of aromatic amines is 1. The molecule has 114 valence electrons. The van der Waals surface area contributed by atoms with Gasteiger partial charge in [-0.15, -0.1) is 0 Å². The molecule has 5 nitrogen and oxygen atoms in total. The lowest BCUT2D eigenvalue weighted by Gasteiger charge is -2.15. The summed E-state index contributed by atoms with van der Waals surface area (Å²) in [5, 5.41) is 0. The number of fused-ring (bicyclic) bond motifs is 1. The van der Waals surface area contributed by atoms with Crippen molar-refractivity contribution >= 4 is 11.0 Å². The van der Waals surface area contributed by atoms with Crippen molar-refractivity contribution < 1.29 is 4.74 Å². The average Bonchev–Trinajstić information content (AvgIpc) is 2.96. The molecule has 3 rings (SSSR count). The van der Waals surface area contributed by atoms with Crippen molar-refractivity contribution in [1.82, 2.24) is 19.9 Å². The number of methoxy groups -OCH3 is 1. The Morgan fingerprint density at radius 1 is 1.23 bits per heavy atom. The molecule has 3 aromatic rings. The number of imidazole rings is 1. The smallest absolute Gasteiger partial charge is 0.122 e. The van der Waals surface area contributed by atoms with Crippen LogP contribution in [-0.4, -0.2) is 40.6 Å². The van der Waals surface area contributed by atoms with Gasteiger partial charge in [0.05, 0.1) is 23.8 Å². The van der Waals surface area contributed by atoms with Crippen molar-refractivity contribution in [3.05, 3.63) is 54.1 Å². The SMILES string of the molecule is COc1ccnc(CN(C)CCc2nc3ccccc3[nH]2)c1. The zero-order valence-corrected chi connectivity index (χ0v) is 12.9. The first-order valence-corrected chi connectivity index (χ1v) is 7.35. The summed E-state index contributed by atoms with van der Waals surface area (Å²) in [4.78, 5) is 14.6. The zero-order valence-electron chi connectivity index (χ0n) is 12.9. The molecule has 0 aliphatic carbocycles. The van der Waals surface area contributed by atoms with Crippen LogP contribution in [0.3, 0.4) is 0 Å². The van der Waals surface area contributed by atoms with Gasteiger partial charge in [0.15, 0.2) is 0 Å².